The molecule has 1 aromatic heterocycles. The summed E-state index contributed by atoms with van der Waals surface area (Å²) in [5, 5.41) is 2.10. The number of aryl methyl sites for hydroxylation is 2. The highest BCUT2D eigenvalue weighted by Gasteiger charge is 2.02. The molecular weight excluding hydrogens is 196 g/mol. The molecule has 0 radical (unpaired) electrons. The third kappa shape index (κ3) is 3.47. The molecule has 0 aliphatic rings. The maximum Gasteiger partial charge on any atom is 0.234 e. The smallest absolute Gasteiger partial charge is 0.234 e. The van der Waals surface area contributed by atoms with Gasteiger partial charge in [0.2, 0.25) is 5.91 Å². The Kier molecular flexibility index (Phi) is 4.62. The van der Waals surface area contributed by atoms with E-state index < -0.39 is 0 Å². The Morgan fingerprint density at radius 2 is 2.36 bits per heavy atom. The molecule has 0 fully saturated rings. The average molecular weight is 212 g/mol. The lowest BCUT2D eigenvalue weighted by Gasteiger charge is -2.02. The predicted octanol–water partition coefficient (Wildman–Crippen LogP) is 1.63. The van der Waals surface area contributed by atoms with E-state index in [0.29, 0.717) is 6.42 Å². The molecule has 1 amide bonds. The lowest BCUT2D eigenvalue weighted by Crippen LogP contribution is -2.33. The highest BCUT2D eigenvalue weighted by Crippen LogP contribution is 2.17. The number of hydrogen-bond donors (Lipinski definition) is 2. The van der Waals surface area contributed by atoms with Crippen molar-refractivity contribution in [3.8, 4) is 0 Å². The number of hydrogen-bond acceptors (Lipinski definition) is 3. The van der Waals surface area contributed by atoms with Gasteiger partial charge >= 0.3 is 0 Å². The monoisotopic (exact) mass is 212 g/mol. The summed E-state index contributed by atoms with van der Waals surface area (Å²) in [6.07, 6.45) is 2.49. The molecule has 0 saturated carbocycles. The zero-order valence-corrected chi connectivity index (χ0v) is 9.41. The first-order chi connectivity index (χ1) is 6.74. The molecule has 0 bridgehead atoms. The summed E-state index contributed by atoms with van der Waals surface area (Å²) >= 11 is 1.77. The van der Waals surface area contributed by atoms with E-state index in [0.717, 1.165) is 12.8 Å². The fourth-order valence-corrected chi connectivity index (χ4v) is 2.22. The first kappa shape index (κ1) is 11.2. The molecule has 0 aliphatic heterocycles. The normalized spacial score (nSPS) is 10.1. The van der Waals surface area contributed by atoms with Crippen molar-refractivity contribution in [1.29, 1.82) is 0 Å². The molecule has 0 atom stereocenters. The second kappa shape index (κ2) is 5.78. The Hall–Kier alpha value is -0.870. The van der Waals surface area contributed by atoms with E-state index in [-0.39, 0.29) is 5.91 Å². The van der Waals surface area contributed by atoms with Crippen LogP contribution in [0.5, 0.6) is 0 Å². The largest absolute Gasteiger partial charge is 0.292 e. The van der Waals surface area contributed by atoms with Gasteiger partial charge in [-0.25, -0.2) is 5.43 Å². The SMILES string of the molecule is CNNC(=O)CCCc1sccc1C. The second-order valence-corrected chi connectivity index (χ2v) is 4.18. The maximum atomic E-state index is 11.1. The number of rotatable bonds is 5. The van der Waals surface area contributed by atoms with Crippen LogP contribution in [0.15, 0.2) is 11.4 Å². The lowest BCUT2D eigenvalue weighted by molar-refractivity contribution is -0.122. The van der Waals surface area contributed by atoms with Gasteiger partial charge in [-0.05, 0) is 36.8 Å². The summed E-state index contributed by atoms with van der Waals surface area (Å²) in [5.41, 5.74) is 6.52. The highest BCUT2D eigenvalue weighted by molar-refractivity contribution is 7.10. The van der Waals surface area contributed by atoms with Crippen molar-refractivity contribution in [1.82, 2.24) is 10.9 Å². The zero-order chi connectivity index (χ0) is 10.4. The van der Waals surface area contributed by atoms with Crippen LogP contribution in [0.25, 0.3) is 0 Å². The van der Waals surface area contributed by atoms with Crippen LogP contribution in [0.4, 0.5) is 0 Å². The zero-order valence-electron chi connectivity index (χ0n) is 8.59. The van der Waals surface area contributed by atoms with Gasteiger partial charge in [-0.1, -0.05) is 0 Å². The molecule has 3 nitrogen and oxygen atoms in total. The molecule has 1 aromatic rings. The fourth-order valence-electron chi connectivity index (χ4n) is 1.27. The predicted molar refractivity (Wildman–Crippen MR) is 59.2 cm³/mol. The third-order valence-electron chi connectivity index (χ3n) is 2.04. The van der Waals surface area contributed by atoms with Crippen molar-refractivity contribution in [2.45, 2.75) is 26.2 Å². The van der Waals surface area contributed by atoms with E-state index >= 15 is 0 Å². The molecule has 0 aromatic carbocycles. The van der Waals surface area contributed by atoms with Gasteiger partial charge in [0.15, 0.2) is 0 Å². The topological polar surface area (TPSA) is 41.1 Å². The van der Waals surface area contributed by atoms with Crippen LogP contribution in [0.3, 0.4) is 0 Å². The minimum atomic E-state index is 0.0571. The fraction of sp³-hybridized carbons (Fsp3) is 0.500. The van der Waals surface area contributed by atoms with Gasteiger partial charge in [-0.2, -0.15) is 0 Å². The number of nitrogens with one attached hydrogen (secondary N) is 2. The minimum absolute atomic E-state index is 0.0571. The first-order valence-electron chi connectivity index (χ1n) is 4.72. The summed E-state index contributed by atoms with van der Waals surface area (Å²) < 4.78 is 0. The van der Waals surface area contributed by atoms with E-state index in [1.807, 2.05) is 0 Å². The highest BCUT2D eigenvalue weighted by atomic mass is 32.1. The van der Waals surface area contributed by atoms with E-state index in [9.17, 15) is 4.79 Å². The van der Waals surface area contributed by atoms with Crippen molar-refractivity contribution in [3.63, 3.8) is 0 Å². The summed E-state index contributed by atoms with van der Waals surface area (Å²) in [7, 11) is 1.70. The molecule has 78 valence electrons. The summed E-state index contributed by atoms with van der Waals surface area (Å²) in [5.74, 6) is 0.0571. The Labute approximate surface area is 88.5 Å². The molecule has 0 saturated heterocycles. The van der Waals surface area contributed by atoms with Gasteiger partial charge in [-0.3, -0.25) is 10.2 Å². The van der Waals surface area contributed by atoms with Crippen LogP contribution in [-0.2, 0) is 11.2 Å². The standard InChI is InChI=1S/C10H16N2OS/c1-8-6-7-14-9(8)4-3-5-10(13)12-11-2/h6-7,11H,3-5H2,1-2H3,(H,12,13). The summed E-state index contributed by atoms with van der Waals surface area (Å²) in [6, 6.07) is 2.12. The molecule has 1 heterocycles. The van der Waals surface area contributed by atoms with E-state index in [4.69, 9.17) is 0 Å². The molecule has 0 unspecified atom stereocenters. The molecule has 1 rings (SSSR count). The number of amides is 1. The van der Waals surface area contributed by atoms with Gasteiger partial charge in [0.1, 0.15) is 0 Å². The van der Waals surface area contributed by atoms with E-state index in [2.05, 4.69) is 29.2 Å². The van der Waals surface area contributed by atoms with Crippen LogP contribution in [0.2, 0.25) is 0 Å². The van der Waals surface area contributed by atoms with Gasteiger partial charge in [-0.15, -0.1) is 11.3 Å². The summed E-state index contributed by atoms with van der Waals surface area (Å²) in [6.45, 7) is 2.11. The lowest BCUT2D eigenvalue weighted by atomic mass is 10.1. The Morgan fingerprint density at radius 1 is 1.57 bits per heavy atom. The summed E-state index contributed by atoms with van der Waals surface area (Å²) in [4.78, 5) is 12.5. The first-order valence-corrected chi connectivity index (χ1v) is 5.60. The van der Waals surface area contributed by atoms with Crippen LogP contribution in [0, 0.1) is 6.92 Å². The Balaban J connectivity index is 2.22. The van der Waals surface area contributed by atoms with Crippen molar-refractivity contribution in [3.05, 3.63) is 21.9 Å². The van der Waals surface area contributed by atoms with Gasteiger partial charge < -0.3 is 0 Å². The Morgan fingerprint density at radius 3 is 2.93 bits per heavy atom. The van der Waals surface area contributed by atoms with Gasteiger partial charge in [0.25, 0.3) is 0 Å². The number of thiophene rings is 1. The quantitative estimate of drug-likeness (QED) is 0.728. The van der Waals surface area contributed by atoms with E-state index in [1.165, 1.54) is 10.4 Å². The molecule has 2 N–H and O–H groups in total. The molecule has 0 spiro atoms. The molecule has 14 heavy (non-hydrogen) atoms. The van der Waals surface area contributed by atoms with Crippen LogP contribution >= 0.6 is 11.3 Å². The number of carbonyl (C=O) groups excluding carboxylic acids is 1. The average Bonchev–Trinajstić information content (AvgIpc) is 2.52. The van der Waals surface area contributed by atoms with Gasteiger partial charge in [0.05, 0.1) is 0 Å². The molecular formula is C10H16N2OS. The number of hydrazine groups is 1. The van der Waals surface area contributed by atoms with Gasteiger partial charge in [0, 0.05) is 18.3 Å². The van der Waals surface area contributed by atoms with Crippen molar-refractivity contribution in [2.24, 2.45) is 0 Å². The number of carbonyl (C=O) groups is 1. The minimum Gasteiger partial charge on any atom is -0.292 e. The van der Waals surface area contributed by atoms with Crippen LogP contribution in [-0.4, -0.2) is 13.0 Å². The maximum absolute atomic E-state index is 11.1. The molecule has 4 heteroatoms. The van der Waals surface area contributed by atoms with E-state index in [1.54, 1.807) is 18.4 Å². The van der Waals surface area contributed by atoms with Crippen LogP contribution < -0.4 is 10.9 Å². The van der Waals surface area contributed by atoms with Crippen molar-refractivity contribution in [2.75, 3.05) is 7.05 Å². The van der Waals surface area contributed by atoms with Crippen LogP contribution in [0.1, 0.15) is 23.3 Å². The van der Waals surface area contributed by atoms with Crippen molar-refractivity contribution >= 4 is 17.2 Å². The molecule has 0 aliphatic carbocycles. The second-order valence-electron chi connectivity index (χ2n) is 3.18. The Bertz CT molecular complexity index is 296. The third-order valence-corrected chi connectivity index (χ3v) is 3.12. The van der Waals surface area contributed by atoms with Crippen molar-refractivity contribution < 1.29 is 4.79 Å².